The fraction of sp³-hybridized carbons (Fsp3) is 0.500. The highest BCUT2D eigenvalue weighted by Gasteiger charge is 2.21. The quantitative estimate of drug-likeness (QED) is 0.863. The van der Waals surface area contributed by atoms with Crippen molar-refractivity contribution in [3.05, 3.63) is 33.3 Å². The van der Waals surface area contributed by atoms with Crippen molar-refractivity contribution in [2.45, 2.75) is 33.1 Å². The zero-order valence-corrected chi connectivity index (χ0v) is 10.9. The zero-order chi connectivity index (χ0) is 10.9. The average molecular weight is 256 g/mol. The molecule has 0 saturated carbocycles. The van der Waals surface area contributed by atoms with Gasteiger partial charge in [-0.05, 0) is 30.5 Å². The predicted octanol–water partition coefficient (Wildman–Crippen LogP) is 3.30. The molecule has 0 spiro atoms. The summed E-state index contributed by atoms with van der Waals surface area (Å²) in [4.78, 5) is 0. The lowest BCUT2D eigenvalue weighted by atomic mass is 9.82. The topological polar surface area (TPSA) is 26.0 Å². The van der Waals surface area contributed by atoms with Gasteiger partial charge in [0.2, 0.25) is 0 Å². The van der Waals surface area contributed by atoms with E-state index >= 15 is 0 Å². The van der Waals surface area contributed by atoms with Gasteiger partial charge in [0.05, 0.1) is 0 Å². The van der Waals surface area contributed by atoms with Crippen molar-refractivity contribution in [1.29, 1.82) is 0 Å². The zero-order valence-electron chi connectivity index (χ0n) is 9.32. The molecule has 0 heterocycles. The summed E-state index contributed by atoms with van der Waals surface area (Å²) < 4.78 is 1.21. The lowest BCUT2D eigenvalue weighted by molar-refractivity contribution is 0.535. The van der Waals surface area contributed by atoms with E-state index in [0.717, 1.165) is 0 Å². The molecule has 0 aliphatic rings. The predicted molar refractivity (Wildman–Crippen MR) is 65.7 cm³/mol. The van der Waals surface area contributed by atoms with Crippen LogP contribution in [-0.4, -0.2) is 6.54 Å². The molecule has 0 atom stereocenters. The van der Waals surface area contributed by atoms with E-state index in [4.69, 9.17) is 5.73 Å². The number of hydrogen-bond donors (Lipinski definition) is 1. The van der Waals surface area contributed by atoms with E-state index in [-0.39, 0.29) is 5.41 Å². The van der Waals surface area contributed by atoms with Gasteiger partial charge in [0.25, 0.3) is 0 Å². The first-order chi connectivity index (χ1) is 6.40. The maximum absolute atomic E-state index is 5.78. The Labute approximate surface area is 94.8 Å². The van der Waals surface area contributed by atoms with Gasteiger partial charge in [0.1, 0.15) is 0 Å². The van der Waals surface area contributed by atoms with E-state index in [0.29, 0.717) is 6.54 Å². The highest BCUT2D eigenvalue weighted by Crippen LogP contribution is 2.31. The van der Waals surface area contributed by atoms with Crippen molar-refractivity contribution >= 4 is 15.9 Å². The van der Waals surface area contributed by atoms with Crippen LogP contribution in [0, 0.1) is 13.8 Å². The van der Waals surface area contributed by atoms with Gasteiger partial charge in [-0.2, -0.15) is 0 Å². The molecule has 0 amide bonds. The molecule has 0 aliphatic carbocycles. The van der Waals surface area contributed by atoms with E-state index in [9.17, 15) is 0 Å². The van der Waals surface area contributed by atoms with Crippen molar-refractivity contribution in [2.75, 3.05) is 6.54 Å². The van der Waals surface area contributed by atoms with Crippen LogP contribution in [0.15, 0.2) is 16.6 Å². The third kappa shape index (κ3) is 2.01. The van der Waals surface area contributed by atoms with Crippen molar-refractivity contribution in [3.63, 3.8) is 0 Å². The third-order valence-electron chi connectivity index (χ3n) is 2.82. The van der Waals surface area contributed by atoms with Crippen LogP contribution in [0.3, 0.4) is 0 Å². The van der Waals surface area contributed by atoms with Crippen LogP contribution < -0.4 is 5.73 Å². The molecule has 1 nitrogen and oxygen atoms in total. The van der Waals surface area contributed by atoms with Gasteiger partial charge in [-0.1, -0.05) is 41.9 Å². The fourth-order valence-electron chi connectivity index (χ4n) is 1.66. The second kappa shape index (κ2) is 4.03. The summed E-state index contributed by atoms with van der Waals surface area (Å²) in [7, 11) is 0. The van der Waals surface area contributed by atoms with Gasteiger partial charge in [0.15, 0.2) is 0 Å². The standard InChI is InChI=1S/C12H18BrN/c1-8-5-6-10(9(2)11(8)13)12(3,4)7-14/h5-6H,7,14H2,1-4H3. The summed E-state index contributed by atoms with van der Waals surface area (Å²) in [6.07, 6.45) is 0. The molecule has 0 bridgehead atoms. The average Bonchev–Trinajstić information content (AvgIpc) is 2.14. The van der Waals surface area contributed by atoms with Crippen LogP contribution in [-0.2, 0) is 5.41 Å². The Morgan fingerprint density at radius 2 is 1.86 bits per heavy atom. The van der Waals surface area contributed by atoms with Gasteiger partial charge in [0, 0.05) is 16.4 Å². The first-order valence-electron chi connectivity index (χ1n) is 4.86. The van der Waals surface area contributed by atoms with Crippen LogP contribution in [0.5, 0.6) is 0 Å². The van der Waals surface area contributed by atoms with Crippen LogP contribution in [0.4, 0.5) is 0 Å². The van der Waals surface area contributed by atoms with Crippen molar-refractivity contribution in [2.24, 2.45) is 5.73 Å². The molecule has 2 heteroatoms. The SMILES string of the molecule is Cc1ccc(C(C)(C)CN)c(C)c1Br. The number of rotatable bonds is 2. The first kappa shape index (κ1) is 11.7. The molecule has 14 heavy (non-hydrogen) atoms. The Kier molecular flexibility index (Phi) is 3.38. The van der Waals surface area contributed by atoms with E-state index in [1.165, 1.54) is 21.2 Å². The first-order valence-corrected chi connectivity index (χ1v) is 5.65. The van der Waals surface area contributed by atoms with Crippen LogP contribution >= 0.6 is 15.9 Å². The Hall–Kier alpha value is -0.340. The smallest absolute Gasteiger partial charge is 0.0236 e. The molecule has 78 valence electrons. The maximum Gasteiger partial charge on any atom is 0.0236 e. The normalized spacial score (nSPS) is 11.9. The molecule has 0 fully saturated rings. The minimum atomic E-state index is 0.0559. The summed E-state index contributed by atoms with van der Waals surface area (Å²) in [5.41, 5.74) is 9.75. The van der Waals surface area contributed by atoms with Crippen molar-refractivity contribution in [1.82, 2.24) is 0 Å². The molecule has 0 aromatic heterocycles. The van der Waals surface area contributed by atoms with Gasteiger partial charge in [-0.15, -0.1) is 0 Å². The summed E-state index contributed by atoms with van der Waals surface area (Å²) in [5.74, 6) is 0. The molecule has 0 aliphatic heterocycles. The minimum Gasteiger partial charge on any atom is -0.330 e. The Morgan fingerprint density at radius 1 is 1.29 bits per heavy atom. The number of aryl methyl sites for hydroxylation is 1. The molecular formula is C12H18BrN. The second-order valence-corrected chi connectivity index (χ2v) is 5.25. The number of hydrogen-bond acceptors (Lipinski definition) is 1. The minimum absolute atomic E-state index is 0.0559. The largest absolute Gasteiger partial charge is 0.330 e. The third-order valence-corrected chi connectivity index (χ3v) is 4.04. The highest BCUT2D eigenvalue weighted by molar-refractivity contribution is 9.10. The van der Waals surface area contributed by atoms with E-state index < -0.39 is 0 Å². The summed E-state index contributed by atoms with van der Waals surface area (Å²) >= 11 is 3.61. The molecule has 1 aromatic rings. The van der Waals surface area contributed by atoms with Gasteiger partial charge < -0.3 is 5.73 Å². The molecule has 1 aromatic carbocycles. The number of halogens is 1. The Bertz CT molecular complexity index is 342. The second-order valence-electron chi connectivity index (χ2n) is 4.46. The van der Waals surface area contributed by atoms with E-state index in [2.05, 4.69) is 55.8 Å². The van der Waals surface area contributed by atoms with Crippen LogP contribution in [0.1, 0.15) is 30.5 Å². The monoisotopic (exact) mass is 255 g/mol. The Morgan fingerprint density at radius 3 is 2.36 bits per heavy atom. The highest BCUT2D eigenvalue weighted by atomic mass is 79.9. The molecular weight excluding hydrogens is 238 g/mol. The molecule has 0 radical (unpaired) electrons. The number of benzene rings is 1. The molecule has 0 unspecified atom stereocenters. The fourth-order valence-corrected chi connectivity index (χ4v) is 2.01. The lowest BCUT2D eigenvalue weighted by Gasteiger charge is -2.26. The summed E-state index contributed by atoms with van der Waals surface area (Å²) in [5, 5.41) is 0. The molecule has 0 saturated heterocycles. The van der Waals surface area contributed by atoms with Crippen LogP contribution in [0.2, 0.25) is 0 Å². The molecule has 1 rings (SSSR count). The van der Waals surface area contributed by atoms with Gasteiger partial charge in [-0.3, -0.25) is 0 Å². The number of nitrogens with two attached hydrogens (primary N) is 1. The summed E-state index contributed by atoms with van der Waals surface area (Å²) in [6.45, 7) is 9.28. The lowest BCUT2D eigenvalue weighted by Crippen LogP contribution is -2.29. The Balaban J connectivity index is 3.31. The molecule has 2 N–H and O–H groups in total. The van der Waals surface area contributed by atoms with Gasteiger partial charge >= 0.3 is 0 Å². The van der Waals surface area contributed by atoms with E-state index in [1.54, 1.807) is 0 Å². The van der Waals surface area contributed by atoms with E-state index in [1.807, 2.05) is 0 Å². The van der Waals surface area contributed by atoms with Crippen LogP contribution in [0.25, 0.3) is 0 Å². The van der Waals surface area contributed by atoms with Crippen molar-refractivity contribution in [3.8, 4) is 0 Å². The van der Waals surface area contributed by atoms with Gasteiger partial charge in [-0.25, -0.2) is 0 Å². The van der Waals surface area contributed by atoms with Crippen molar-refractivity contribution < 1.29 is 0 Å². The summed E-state index contributed by atoms with van der Waals surface area (Å²) in [6, 6.07) is 4.33. The maximum atomic E-state index is 5.78.